The van der Waals surface area contributed by atoms with E-state index in [1.807, 2.05) is 48.8 Å². The highest BCUT2D eigenvalue weighted by Crippen LogP contribution is 2.29. The van der Waals surface area contributed by atoms with Crippen molar-refractivity contribution in [1.82, 2.24) is 19.7 Å². The van der Waals surface area contributed by atoms with Gasteiger partial charge < -0.3 is 4.90 Å². The molecule has 2 aromatic heterocycles. The van der Waals surface area contributed by atoms with Crippen molar-refractivity contribution >= 4 is 44.1 Å². The number of hydrogen-bond acceptors (Lipinski definition) is 8. The maximum Gasteiger partial charge on any atom is 0.256 e. The lowest BCUT2D eigenvalue weighted by molar-refractivity contribution is 0.294. The molecule has 166 valence electrons. The number of benzene rings is 2. The van der Waals surface area contributed by atoms with Gasteiger partial charge in [-0.1, -0.05) is 6.07 Å². The van der Waals surface area contributed by atoms with Gasteiger partial charge in [-0.05, 0) is 55.8 Å². The number of anilines is 4. The zero-order valence-electron chi connectivity index (χ0n) is 18.1. The second-order valence-corrected chi connectivity index (χ2v) is 9.02. The van der Waals surface area contributed by atoms with Crippen molar-refractivity contribution in [2.24, 2.45) is 12.2 Å². The molecule has 0 aliphatic rings. The van der Waals surface area contributed by atoms with Crippen molar-refractivity contribution in [3.8, 4) is 0 Å². The quantitative estimate of drug-likeness (QED) is 0.441. The van der Waals surface area contributed by atoms with Gasteiger partial charge in [-0.3, -0.25) is 9.89 Å². The van der Waals surface area contributed by atoms with Crippen molar-refractivity contribution in [3.05, 3.63) is 59.9 Å². The Labute approximate surface area is 185 Å². The summed E-state index contributed by atoms with van der Waals surface area (Å²) in [5.41, 5.74) is 3.44. The Morgan fingerprint density at radius 3 is 2.50 bits per heavy atom. The summed E-state index contributed by atoms with van der Waals surface area (Å²) in [7, 11) is -0.200. The van der Waals surface area contributed by atoms with Crippen LogP contribution in [0.5, 0.6) is 0 Å². The van der Waals surface area contributed by atoms with E-state index < -0.39 is 10.0 Å². The van der Waals surface area contributed by atoms with Crippen LogP contribution in [-0.4, -0.2) is 40.4 Å². The van der Waals surface area contributed by atoms with E-state index in [9.17, 15) is 13.6 Å². The van der Waals surface area contributed by atoms with Gasteiger partial charge in [0, 0.05) is 37.1 Å². The summed E-state index contributed by atoms with van der Waals surface area (Å²) in [5.74, 6) is 0.508. The molecule has 0 aliphatic carbocycles. The molecule has 4 rings (SSSR count). The van der Waals surface area contributed by atoms with E-state index in [-0.39, 0.29) is 16.5 Å². The molecule has 0 atom stereocenters. The molecule has 0 aliphatic heterocycles. The number of rotatable bonds is 5. The molecule has 0 spiro atoms. The summed E-state index contributed by atoms with van der Waals surface area (Å²) < 4.78 is 25.5. The number of nitrogens with zero attached hydrogens (tertiary/aromatic N) is 6. The lowest BCUT2D eigenvalue weighted by atomic mass is 10.2. The first kappa shape index (κ1) is 21.7. The van der Waals surface area contributed by atoms with E-state index >= 15 is 0 Å². The summed E-state index contributed by atoms with van der Waals surface area (Å²) in [6.45, 7) is 3.63. The summed E-state index contributed by atoms with van der Waals surface area (Å²) in [4.78, 5) is 10.3. The normalized spacial score (nSPS) is 11.7. The van der Waals surface area contributed by atoms with Gasteiger partial charge >= 0.3 is 0 Å². The number of aromatic nitrogens is 4. The molecule has 3 N–H and O–H groups in total. The fourth-order valence-corrected chi connectivity index (χ4v) is 4.23. The minimum Gasteiger partial charge on any atom is -0.329 e. The van der Waals surface area contributed by atoms with Gasteiger partial charge in [0.2, 0.25) is 10.0 Å². The van der Waals surface area contributed by atoms with Crippen LogP contribution >= 0.6 is 0 Å². The third-order valence-electron chi connectivity index (χ3n) is 5.39. The van der Waals surface area contributed by atoms with E-state index in [4.69, 9.17) is 5.14 Å². The van der Waals surface area contributed by atoms with E-state index in [2.05, 4.69) is 15.1 Å². The maximum absolute atomic E-state index is 11.8. The smallest absolute Gasteiger partial charge is 0.256 e. The molecular weight excluding hydrogens is 430 g/mol. The zero-order chi connectivity index (χ0) is 23.2. The minimum atomic E-state index is -3.94. The van der Waals surface area contributed by atoms with Crippen LogP contribution in [0.4, 0.5) is 23.1 Å². The largest absolute Gasteiger partial charge is 0.329 e. The Morgan fingerprint density at radius 1 is 1.06 bits per heavy atom. The maximum atomic E-state index is 11.8. The van der Waals surface area contributed by atoms with Crippen LogP contribution in [0.25, 0.3) is 10.9 Å². The molecule has 0 saturated carbocycles. The average molecular weight is 454 g/mol. The van der Waals surface area contributed by atoms with Crippen LogP contribution in [0.3, 0.4) is 0 Å². The molecule has 4 aromatic rings. The third kappa shape index (κ3) is 3.88. The lowest BCUT2D eigenvalue weighted by Gasteiger charge is -2.21. The molecule has 2 heterocycles. The van der Waals surface area contributed by atoms with Gasteiger partial charge in [-0.2, -0.15) is 15.1 Å². The van der Waals surface area contributed by atoms with Gasteiger partial charge in [0.15, 0.2) is 0 Å². The fourth-order valence-electron chi connectivity index (χ4n) is 3.43. The molecule has 0 amide bonds. The molecule has 0 unspecified atom stereocenters. The minimum absolute atomic E-state index is 0.0201. The standard InChI is InChI=1S/C21H23N7O3S/c1-13-5-6-16(12-19(13)32(22,30)31)28(29)21-23-10-9-20(24-21)26(3)15-7-8-17-14(2)27(4)25-18(17)11-15/h5-12,29H,1-4H3,(H2,22,30,31). The molecule has 32 heavy (non-hydrogen) atoms. The number of fused-ring (bicyclic) bond motifs is 1. The van der Waals surface area contributed by atoms with E-state index in [0.29, 0.717) is 11.4 Å². The molecule has 10 nitrogen and oxygen atoms in total. The van der Waals surface area contributed by atoms with Crippen molar-refractivity contribution in [2.45, 2.75) is 18.7 Å². The van der Waals surface area contributed by atoms with E-state index in [1.54, 1.807) is 25.1 Å². The number of nitrogens with two attached hydrogens (primary N) is 1. The Kier molecular flexibility index (Phi) is 5.33. The van der Waals surface area contributed by atoms with Crippen molar-refractivity contribution < 1.29 is 13.6 Å². The molecule has 0 bridgehead atoms. The first-order valence-corrected chi connectivity index (χ1v) is 11.2. The van der Waals surface area contributed by atoms with Crippen LogP contribution in [0, 0.1) is 13.8 Å². The number of hydrogen-bond donors (Lipinski definition) is 2. The second kappa shape index (κ2) is 7.86. The van der Waals surface area contributed by atoms with Crippen LogP contribution in [-0.2, 0) is 17.1 Å². The van der Waals surface area contributed by atoms with Gasteiger partial charge in [-0.25, -0.2) is 18.5 Å². The molecule has 0 fully saturated rings. The Bertz CT molecular complexity index is 1430. The Balaban J connectivity index is 1.68. The van der Waals surface area contributed by atoms with Crippen molar-refractivity contribution in [3.63, 3.8) is 0 Å². The van der Waals surface area contributed by atoms with Gasteiger partial charge in [0.1, 0.15) is 5.82 Å². The van der Waals surface area contributed by atoms with Crippen molar-refractivity contribution in [2.75, 3.05) is 17.0 Å². The van der Waals surface area contributed by atoms with Gasteiger partial charge in [-0.15, -0.1) is 0 Å². The van der Waals surface area contributed by atoms with Crippen LogP contribution in [0.1, 0.15) is 11.3 Å². The summed E-state index contributed by atoms with van der Waals surface area (Å²) in [6.07, 6.45) is 1.51. The van der Waals surface area contributed by atoms with Crippen LogP contribution in [0.2, 0.25) is 0 Å². The average Bonchev–Trinajstić information content (AvgIpc) is 3.05. The van der Waals surface area contributed by atoms with E-state index in [1.165, 1.54) is 12.3 Å². The molecule has 0 saturated heterocycles. The van der Waals surface area contributed by atoms with Crippen molar-refractivity contribution in [1.29, 1.82) is 0 Å². The number of sulfonamides is 1. The van der Waals surface area contributed by atoms with Gasteiger partial charge in [0.25, 0.3) is 5.95 Å². The van der Waals surface area contributed by atoms with Gasteiger partial charge in [0.05, 0.1) is 16.1 Å². The number of aryl methyl sites for hydroxylation is 3. The Hall–Kier alpha value is -3.54. The lowest BCUT2D eigenvalue weighted by Crippen LogP contribution is -2.19. The first-order chi connectivity index (χ1) is 15.1. The highest BCUT2D eigenvalue weighted by Gasteiger charge is 2.18. The predicted octanol–water partition coefficient (Wildman–Crippen LogP) is 2.92. The summed E-state index contributed by atoms with van der Waals surface area (Å²) >= 11 is 0. The highest BCUT2D eigenvalue weighted by molar-refractivity contribution is 7.89. The van der Waals surface area contributed by atoms with Crippen LogP contribution in [0.15, 0.2) is 53.6 Å². The monoisotopic (exact) mass is 453 g/mol. The van der Waals surface area contributed by atoms with E-state index in [0.717, 1.165) is 27.3 Å². The molecular formula is C21H23N7O3S. The fraction of sp³-hybridized carbons (Fsp3) is 0.190. The SMILES string of the molecule is Cc1ccc(N(O)c2nccc(N(C)c3ccc4c(C)n(C)nc4c3)n2)cc1S(N)(=O)=O. The zero-order valence-corrected chi connectivity index (χ0v) is 18.9. The summed E-state index contributed by atoms with van der Waals surface area (Å²) in [5, 5.41) is 22.2. The predicted molar refractivity (Wildman–Crippen MR) is 122 cm³/mol. The molecule has 0 radical (unpaired) electrons. The van der Waals surface area contributed by atoms with Crippen LogP contribution < -0.4 is 15.1 Å². The highest BCUT2D eigenvalue weighted by atomic mass is 32.2. The summed E-state index contributed by atoms with van der Waals surface area (Å²) in [6, 6.07) is 12.0. The second-order valence-electron chi connectivity index (χ2n) is 7.49. The molecule has 11 heteroatoms. The first-order valence-electron chi connectivity index (χ1n) is 9.69. The molecule has 2 aromatic carbocycles. The third-order valence-corrected chi connectivity index (χ3v) is 6.44. The number of primary sulfonamides is 1. The Morgan fingerprint density at radius 2 is 1.78 bits per heavy atom. The topological polar surface area (TPSA) is 130 Å².